The second-order valence-corrected chi connectivity index (χ2v) is 7.44. The maximum atomic E-state index is 12.3. The molecule has 1 fully saturated rings. The van der Waals surface area contributed by atoms with Crippen LogP contribution in [0.3, 0.4) is 0 Å². The molecule has 1 saturated heterocycles. The molecule has 0 amide bonds. The van der Waals surface area contributed by atoms with Crippen LogP contribution >= 0.6 is 0 Å². The van der Waals surface area contributed by atoms with Crippen molar-refractivity contribution in [3.8, 4) is 5.75 Å². The molecule has 2 heterocycles. The molecule has 0 bridgehead atoms. The minimum absolute atomic E-state index is 0.00562. The number of fused-ring (bicyclic) bond motifs is 1. The number of rotatable bonds is 11. The van der Waals surface area contributed by atoms with Gasteiger partial charge in [-0.2, -0.15) is 0 Å². The number of benzene rings is 1. The quantitative estimate of drug-likeness (QED) is 0.432. The van der Waals surface area contributed by atoms with E-state index in [0.29, 0.717) is 61.6 Å². The first-order valence-corrected chi connectivity index (χ1v) is 10.2. The summed E-state index contributed by atoms with van der Waals surface area (Å²) in [6, 6.07) is 4.35. The Labute approximate surface area is 180 Å². The maximum Gasteiger partial charge on any atom is 0.325 e. The zero-order chi connectivity index (χ0) is 22.4. The van der Waals surface area contributed by atoms with E-state index < -0.39 is 18.0 Å². The van der Waals surface area contributed by atoms with E-state index >= 15 is 0 Å². The highest BCUT2D eigenvalue weighted by molar-refractivity contribution is 5.91. The van der Waals surface area contributed by atoms with E-state index in [1.807, 2.05) is 4.90 Å². The first-order valence-electron chi connectivity index (χ1n) is 10.2. The second-order valence-electron chi connectivity index (χ2n) is 7.44. The van der Waals surface area contributed by atoms with Crippen LogP contribution in [0.4, 0.5) is 0 Å². The van der Waals surface area contributed by atoms with Crippen LogP contribution in [-0.2, 0) is 20.9 Å². The fourth-order valence-corrected chi connectivity index (χ4v) is 4.02. The topological polar surface area (TPSA) is 125 Å². The summed E-state index contributed by atoms with van der Waals surface area (Å²) >= 11 is 0. The Morgan fingerprint density at radius 3 is 2.48 bits per heavy atom. The van der Waals surface area contributed by atoms with Gasteiger partial charge in [0.2, 0.25) is 0 Å². The molecule has 0 aliphatic carbocycles. The molecule has 1 aromatic carbocycles. The third-order valence-corrected chi connectivity index (χ3v) is 5.51. The van der Waals surface area contributed by atoms with Gasteiger partial charge < -0.3 is 29.4 Å². The van der Waals surface area contributed by atoms with Gasteiger partial charge in [-0.3, -0.25) is 19.4 Å². The molecule has 1 aliphatic heterocycles. The number of carbonyl (C=O) groups is 2. The number of carboxylic acids is 2. The Kier molecular flexibility index (Phi) is 7.85. The zero-order valence-electron chi connectivity index (χ0n) is 17.6. The highest BCUT2D eigenvalue weighted by Crippen LogP contribution is 2.33. The molecule has 0 spiro atoms. The van der Waals surface area contributed by atoms with Crippen molar-refractivity contribution in [1.29, 1.82) is 0 Å². The predicted octanol–water partition coefficient (Wildman–Crippen LogP) is 0.487. The molecule has 1 atom stereocenters. The van der Waals surface area contributed by atoms with Crippen molar-refractivity contribution in [2.45, 2.75) is 12.6 Å². The summed E-state index contributed by atoms with van der Waals surface area (Å²) < 4.78 is 12.2. The van der Waals surface area contributed by atoms with Crippen LogP contribution in [0.5, 0.6) is 5.75 Å². The van der Waals surface area contributed by atoms with Gasteiger partial charge in [-0.15, -0.1) is 0 Å². The smallest absolute Gasteiger partial charge is 0.325 e. The molecule has 3 N–H and O–H groups in total. The van der Waals surface area contributed by atoms with Gasteiger partial charge in [-0.25, -0.2) is 0 Å². The lowest BCUT2D eigenvalue weighted by Crippen LogP contribution is -2.49. The van der Waals surface area contributed by atoms with Gasteiger partial charge in [-0.1, -0.05) is 0 Å². The molecular formula is C21H29N3O7. The highest BCUT2D eigenvalue weighted by atomic mass is 16.5. The minimum atomic E-state index is -0.997. The predicted molar refractivity (Wildman–Crippen MR) is 112 cm³/mol. The standard InChI is InChI=1S/C21H29N3O7/c1-30-15-2-3-18-16(12-15)17(13-24(18)14-19(26)27)20(21(28)29)23-6-4-22(5-7-23)8-10-31-11-9-25/h2-3,12-13,20,25H,4-11,14H2,1H3,(H,26,27)(H,28,29)/t20-/m0/s1. The van der Waals surface area contributed by atoms with Gasteiger partial charge in [-0.05, 0) is 18.2 Å². The van der Waals surface area contributed by atoms with Crippen molar-refractivity contribution >= 4 is 22.8 Å². The van der Waals surface area contributed by atoms with Crippen LogP contribution in [0, 0.1) is 0 Å². The summed E-state index contributed by atoms with van der Waals surface area (Å²) in [7, 11) is 1.53. The van der Waals surface area contributed by atoms with Crippen LogP contribution in [-0.4, -0.2) is 101 Å². The van der Waals surface area contributed by atoms with Crippen molar-refractivity contribution in [2.24, 2.45) is 0 Å². The monoisotopic (exact) mass is 435 g/mol. The number of aromatic nitrogens is 1. The lowest BCUT2D eigenvalue weighted by Gasteiger charge is -2.37. The van der Waals surface area contributed by atoms with Gasteiger partial charge in [0.05, 0.1) is 26.9 Å². The van der Waals surface area contributed by atoms with E-state index in [2.05, 4.69) is 4.90 Å². The average Bonchev–Trinajstić information content (AvgIpc) is 3.08. The van der Waals surface area contributed by atoms with E-state index in [1.54, 1.807) is 29.0 Å². The zero-order valence-corrected chi connectivity index (χ0v) is 17.6. The average molecular weight is 435 g/mol. The molecule has 1 aromatic heterocycles. The van der Waals surface area contributed by atoms with Gasteiger partial charge in [0.15, 0.2) is 0 Å². The third kappa shape index (κ3) is 5.53. The summed E-state index contributed by atoms with van der Waals surface area (Å²) in [5.41, 5.74) is 1.21. The molecule has 0 unspecified atom stereocenters. The molecule has 1 aliphatic rings. The van der Waals surface area contributed by atoms with Crippen LogP contribution in [0.25, 0.3) is 10.9 Å². The number of methoxy groups -OCH3 is 1. The van der Waals surface area contributed by atoms with Crippen molar-refractivity contribution in [3.63, 3.8) is 0 Å². The number of ether oxygens (including phenoxy) is 2. The van der Waals surface area contributed by atoms with Crippen molar-refractivity contribution in [3.05, 3.63) is 30.0 Å². The van der Waals surface area contributed by atoms with Gasteiger partial charge in [0.25, 0.3) is 0 Å². The molecule has 31 heavy (non-hydrogen) atoms. The highest BCUT2D eigenvalue weighted by Gasteiger charge is 2.33. The first-order chi connectivity index (χ1) is 14.9. The van der Waals surface area contributed by atoms with E-state index in [0.717, 1.165) is 6.54 Å². The molecule has 10 heteroatoms. The summed E-state index contributed by atoms with van der Waals surface area (Å²) in [5, 5.41) is 28.8. The molecule has 0 radical (unpaired) electrons. The lowest BCUT2D eigenvalue weighted by molar-refractivity contribution is -0.144. The maximum absolute atomic E-state index is 12.3. The van der Waals surface area contributed by atoms with Crippen molar-refractivity contribution in [1.82, 2.24) is 14.4 Å². The van der Waals surface area contributed by atoms with Gasteiger partial charge in [0.1, 0.15) is 18.3 Å². The van der Waals surface area contributed by atoms with Gasteiger partial charge in [0, 0.05) is 55.4 Å². The third-order valence-electron chi connectivity index (χ3n) is 5.51. The summed E-state index contributed by atoms with van der Waals surface area (Å²) in [6.07, 6.45) is 1.63. The minimum Gasteiger partial charge on any atom is -0.497 e. The van der Waals surface area contributed by atoms with E-state index in [1.165, 1.54) is 7.11 Å². The Hall–Kier alpha value is -2.66. The second kappa shape index (κ2) is 10.6. The molecule has 0 saturated carbocycles. The Balaban J connectivity index is 1.83. The summed E-state index contributed by atoms with van der Waals surface area (Å²) in [5.74, 6) is -1.39. The number of aliphatic carboxylic acids is 2. The first kappa shape index (κ1) is 23.0. The number of aliphatic hydroxyl groups is 1. The largest absolute Gasteiger partial charge is 0.497 e. The van der Waals surface area contributed by atoms with E-state index in [9.17, 15) is 19.8 Å². The number of aliphatic hydroxyl groups excluding tert-OH is 1. The number of piperazine rings is 1. The fraction of sp³-hybridized carbons (Fsp3) is 0.524. The SMILES string of the molecule is COc1ccc2c(c1)c([C@@H](C(=O)O)N1CCN(CCOCCO)CC1)cn2CC(=O)O. The normalized spacial score (nSPS) is 16.5. The number of hydrogen-bond donors (Lipinski definition) is 3. The van der Waals surface area contributed by atoms with Crippen molar-refractivity contribution < 1.29 is 34.4 Å². The summed E-state index contributed by atoms with van der Waals surface area (Å²) in [4.78, 5) is 27.7. The fourth-order valence-electron chi connectivity index (χ4n) is 4.02. The Morgan fingerprint density at radius 1 is 1.13 bits per heavy atom. The molecule has 170 valence electrons. The van der Waals surface area contributed by atoms with Crippen molar-refractivity contribution in [2.75, 3.05) is 59.7 Å². The molecule has 3 rings (SSSR count). The molecule has 2 aromatic rings. The van der Waals surface area contributed by atoms with E-state index in [-0.39, 0.29) is 13.2 Å². The summed E-state index contributed by atoms with van der Waals surface area (Å²) in [6.45, 7) is 3.81. The van der Waals surface area contributed by atoms with Gasteiger partial charge >= 0.3 is 11.9 Å². The number of nitrogens with zero attached hydrogens (tertiary/aromatic N) is 3. The number of carboxylic acid groups (broad SMARTS) is 2. The number of hydrogen-bond acceptors (Lipinski definition) is 7. The molecule has 10 nitrogen and oxygen atoms in total. The van der Waals surface area contributed by atoms with Crippen LogP contribution in [0.1, 0.15) is 11.6 Å². The lowest BCUT2D eigenvalue weighted by atomic mass is 10.0. The Morgan fingerprint density at radius 2 is 1.87 bits per heavy atom. The van der Waals surface area contributed by atoms with Crippen LogP contribution < -0.4 is 4.74 Å². The van der Waals surface area contributed by atoms with Crippen LogP contribution in [0.2, 0.25) is 0 Å². The van der Waals surface area contributed by atoms with Crippen LogP contribution in [0.15, 0.2) is 24.4 Å². The van der Waals surface area contributed by atoms with E-state index in [4.69, 9.17) is 14.6 Å². The molecular weight excluding hydrogens is 406 g/mol. The Bertz CT molecular complexity index is 906.